The second kappa shape index (κ2) is 6.65. The quantitative estimate of drug-likeness (QED) is 0.647. The molecule has 4 nitrogen and oxygen atoms in total. The Morgan fingerprint density at radius 1 is 1.04 bits per heavy atom. The Labute approximate surface area is 160 Å². The van der Waals surface area contributed by atoms with Crippen molar-refractivity contribution in [3.63, 3.8) is 0 Å². The SMILES string of the molecule is CC1=C[B]C(c2ccc3c(c2)/C(=N\NC2=Nc4ccccc4C2)CCC3)=N1. The monoisotopic (exact) mass is 351 g/mol. The highest BCUT2D eigenvalue weighted by Crippen LogP contribution is 2.26. The Morgan fingerprint density at radius 3 is 2.81 bits per heavy atom. The highest BCUT2D eigenvalue weighted by molar-refractivity contribution is 6.83. The van der Waals surface area contributed by atoms with Crippen LogP contribution in [0.3, 0.4) is 0 Å². The summed E-state index contributed by atoms with van der Waals surface area (Å²) in [5, 5.41) is 4.75. The molecule has 2 aromatic rings. The van der Waals surface area contributed by atoms with Crippen molar-refractivity contribution >= 4 is 30.1 Å². The number of nitrogens with one attached hydrogen (secondary N) is 1. The molecule has 2 aromatic carbocycles. The summed E-state index contributed by atoms with van der Waals surface area (Å²) >= 11 is 0. The van der Waals surface area contributed by atoms with Crippen molar-refractivity contribution in [1.82, 2.24) is 5.43 Å². The van der Waals surface area contributed by atoms with E-state index in [2.05, 4.69) is 59.0 Å². The molecule has 5 heteroatoms. The summed E-state index contributed by atoms with van der Waals surface area (Å²) in [6.07, 6.45) is 4.04. The lowest BCUT2D eigenvalue weighted by Crippen LogP contribution is -2.22. The van der Waals surface area contributed by atoms with Crippen LogP contribution in [0.25, 0.3) is 0 Å². The number of aliphatic imine (C=N–C) groups is 2. The average molecular weight is 351 g/mol. The molecule has 3 aliphatic rings. The topological polar surface area (TPSA) is 49.1 Å². The molecule has 0 amide bonds. The molecule has 27 heavy (non-hydrogen) atoms. The Bertz CT molecular complexity index is 1050. The van der Waals surface area contributed by atoms with Gasteiger partial charge in [-0.25, -0.2) is 4.99 Å². The van der Waals surface area contributed by atoms with Crippen molar-refractivity contribution in [2.75, 3.05) is 0 Å². The van der Waals surface area contributed by atoms with E-state index in [1.54, 1.807) is 0 Å². The zero-order valence-electron chi connectivity index (χ0n) is 15.4. The Hall–Kier alpha value is -2.95. The van der Waals surface area contributed by atoms with Gasteiger partial charge < -0.3 is 0 Å². The van der Waals surface area contributed by atoms with Crippen molar-refractivity contribution in [2.24, 2.45) is 15.1 Å². The van der Waals surface area contributed by atoms with E-state index in [0.717, 1.165) is 59.8 Å². The third kappa shape index (κ3) is 3.14. The lowest BCUT2D eigenvalue weighted by atomic mass is 9.70. The minimum atomic E-state index is 0.816. The molecule has 1 aliphatic carbocycles. The summed E-state index contributed by atoms with van der Waals surface area (Å²) < 4.78 is 0. The van der Waals surface area contributed by atoms with Gasteiger partial charge in [-0.05, 0) is 55.0 Å². The number of benzene rings is 2. The van der Waals surface area contributed by atoms with E-state index in [0.29, 0.717) is 0 Å². The number of hydrazone groups is 1. The van der Waals surface area contributed by atoms with Crippen LogP contribution in [0.5, 0.6) is 0 Å². The number of amidine groups is 1. The third-order valence-electron chi connectivity index (χ3n) is 5.28. The summed E-state index contributed by atoms with van der Waals surface area (Å²) in [7, 11) is 2.08. The number of hydrogen-bond donors (Lipinski definition) is 1. The van der Waals surface area contributed by atoms with Gasteiger partial charge in [0.25, 0.3) is 0 Å². The van der Waals surface area contributed by atoms with Gasteiger partial charge in [-0.2, -0.15) is 5.10 Å². The van der Waals surface area contributed by atoms with E-state index in [1.165, 1.54) is 16.7 Å². The van der Waals surface area contributed by atoms with Gasteiger partial charge in [0.05, 0.1) is 11.4 Å². The van der Waals surface area contributed by atoms with Crippen molar-refractivity contribution in [3.8, 4) is 0 Å². The molecule has 5 rings (SSSR count). The van der Waals surface area contributed by atoms with Crippen LogP contribution in [0, 0.1) is 0 Å². The van der Waals surface area contributed by atoms with Crippen LogP contribution >= 0.6 is 0 Å². The molecule has 0 aromatic heterocycles. The Kier molecular flexibility index (Phi) is 4.00. The molecule has 0 fully saturated rings. The maximum Gasteiger partial charge on any atom is 0.210 e. The van der Waals surface area contributed by atoms with Crippen LogP contribution in [0.4, 0.5) is 5.69 Å². The van der Waals surface area contributed by atoms with Gasteiger partial charge in [0.2, 0.25) is 7.28 Å². The van der Waals surface area contributed by atoms with E-state index in [1.807, 2.05) is 19.1 Å². The summed E-state index contributed by atoms with van der Waals surface area (Å²) in [6, 6.07) is 14.9. The fourth-order valence-electron chi connectivity index (χ4n) is 3.88. The van der Waals surface area contributed by atoms with Crippen LogP contribution in [0.2, 0.25) is 0 Å². The van der Waals surface area contributed by atoms with Gasteiger partial charge >= 0.3 is 0 Å². The first-order valence-electron chi connectivity index (χ1n) is 9.48. The normalized spacial score (nSPS) is 19.0. The van der Waals surface area contributed by atoms with Gasteiger partial charge in [-0.15, -0.1) is 0 Å². The maximum atomic E-state index is 4.75. The largest absolute Gasteiger partial charge is 0.269 e. The summed E-state index contributed by atoms with van der Waals surface area (Å²) in [5.41, 5.74) is 12.5. The van der Waals surface area contributed by atoms with Crippen molar-refractivity contribution < 1.29 is 0 Å². The van der Waals surface area contributed by atoms with E-state index < -0.39 is 0 Å². The first-order chi connectivity index (χ1) is 13.3. The zero-order valence-corrected chi connectivity index (χ0v) is 15.4. The molecule has 0 saturated carbocycles. The van der Waals surface area contributed by atoms with Crippen molar-refractivity contribution in [2.45, 2.75) is 32.6 Å². The van der Waals surface area contributed by atoms with Crippen LogP contribution in [-0.4, -0.2) is 24.4 Å². The zero-order chi connectivity index (χ0) is 18.2. The van der Waals surface area contributed by atoms with Gasteiger partial charge in [0.15, 0.2) is 0 Å². The Balaban J connectivity index is 1.41. The molecular weight excluding hydrogens is 331 g/mol. The molecule has 0 saturated heterocycles. The fourth-order valence-corrected chi connectivity index (χ4v) is 3.88. The average Bonchev–Trinajstić information content (AvgIpc) is 3.31. The number of aryl methyl sites for hydroxylation is 1. The van der Waals surface area contributed by atoms with Gasteiger partial charge in [-0.1, -0.05) is 36.3 Å². The lowest BCUT2D eigenvalue weighted by Gasteiger charge is -2.19. The molecule has 0 spiro atoms. The van der Waals surface area contributed by atoms with E-state index in [9.17, 15) is 0 Å². The van der Waals surface area contributed by atoms with Crippen molar-refractivity contribution in [1.29, 1.82) is 0 Å². The van der Waals surface area contributed by atoms with Gasteiger partial charge in [0.1, 0.15) is 5.84 Å². The molecular formula is C22H20BN4. The minimum absolute atomic E-state index is 0.816. The van der Waals surface area contributed by atoms with Gasteiger partial charge in [0, 0.05) is 23.3 Å². The molecule has 1 N–H and O–H groups in total. The van der Waals surface area contributed by atoms with E-state index in [-0.39, 0.29) is 0 Å². The second-order valence-corrected chi connectivity index (χ2v) is 7.23. The molecule has 0 bridgehead atoms. The smallest absolute Gasteiger partial charge is 0.210 e. The highest BCUT2D eigenvalue weighted by atomic mass is 15.3. The highest BCUT2D eigenvalue weighted by Gasteiger charge is 2.19. The third-order valence-corrected chi connectivity index (χ3v) is 5.28. The lowest BCUT2D eigenvalue weighted by molar-refractivity contribution is 0.826. The molecule has 2 heterocycles. The van der Waals surface area contributed by atoms with Crippen molar-refractivity contribution in [3.05, 3.63) is 76.4 Å². The van der Waals surface area contributed by atoms with E-state index in [4.69, 9.17) is 5.10 Å². The summed E-state index contributed by atoms with van der Waals surface area (Å²) in [5.74, 6) is 2.97. The van der Waals surface area contributed by atoms with Crippen LogP contribution < -0.4 is 5.43 Å². The maximum absolute atomic E-state index is 4.75. The number of rotatable bonds is 2. The molecule has 1 radical (unpaired) electrons. The predicted octanol–water partition coefficient (Wildman–Crippen LogP) is 3.93. The number of nitrogens with zero attached hydrogens (tertiary/aromatic N) is 3. The fraction of sp³-hybridized carbons (Fsp3) is 0.227. The first kappa shape index (κ1) is 16.2. The summed E-state index contributed by atoms with van der Waals surface area (Å²) in [6.45, 7) is 2.03. The first-order valence-corrected chi connectivity index (χ1v) is 9.48. The minimum Gasteiger partial charge on any atom is -0.269 e. The Morgan fingerprint density at radius 2 is 1.96 bits per heavy atom. The second-order valence-electron chi connectivity index (χ2n) is 7.23. The number of fused-ring (bicyclic) bond motifs is 2. The predicted molar refractivity (Wildman–Crippen MR) is 112 cm³/mol. The molecule has 131 valence electrons. The number of hydrogen-bond acceptors (Lipinski definition) is 4. The van der Waals surface area contributed by atoms with E-state index >= 15 is 0 Å². The van der Waals surface area contributed by atoms with Crippen LogP contribution in [0.1, 0.15) is 42.0 Å². The molecule has 2 aliphatic heterocycles. The number of para-hydroxylation sites is 1. The van der Waals surface area contributed by atoms with Gasteiger partial charge in [-0.3, -0.25) is 10.4 Å². The number of allylic oxidation sites excluding steroid dienone is 1. The summed E-state index contributed by atoms with van der Waals surface area (Å²) in [4.78, 5) is 9.26. The van der Waals surface area contributed by atoms with Crippen LogP contribution in [0.15, 0.2) is 69.2 Å². The van der Waals surface area contributed by atoms with Crippen LogP contribution in [-0.2, 0) is 12.8 Å². The molecule has 0 unspecified atom stereocenters. The standard InChI is InChI=1S/C22H20BN4/c1-14-13-23-22(24-14)17-10-9-15-6-4-8-20(18(15)11-17)26-27-21-12-16-5-2-3-7-19(16)25-21/h2-3,5,7,9-11,13H,4,6,8,12H2,1H3,(H,25,27)/b26-20-. The molecule has 0 atom stereocenters.